The Morgan fingerprint density at radius 1 is 1.05 bits per heavy atom. The summed E-state index contributed by atoms with van der Waals surface area (Å²) in [6.45, 7) is 1.26. The molecule has 0 radical (unpaired) electrons. The maximum Gasteiger partial charge on any atom is 0.225 e. The molecule has 6 rings (SSSR count). The summed E-state index contributed by atoms with van der Waals surface area (Å²) < 4.78 is 26.6. The predicted octanol–water partition coefficient (Wildman–Crippen LogP) is 6.48. The van der Waals surface area contributed by atoms with Gasteiger partial charge in [0.25, 0.3) is 0 Å². The molecule has 0 spiro atoms. The summed E-state index contributed by atoms with van der Waals surface area (Å²) in [7, 11) is -2.44. The number of benzene rings is 1. The van der Waals surface area contributed by atoms with Crippen molar-refractivity contribution in [3.63, 3.8) is 0 Å². The van der Waals surface area contributed by atoms with Gasteiger partial charge in [-0.3, -0.25) is 13.9 Å². The Hall–Kier alpha value is -2.54. The second-order valence-electron chi connectivity index (χ2n) is 12.5. The summed E-state index contributed by atoms with van der Waals surface area (Å²) >= 11 is 0. The van der Waals surface area contributed by atoms with Crippen LogP contribution in [0.15, 0.2) is 28.7 Å². The minimum absolute atomic E-state index is 0.0219. The van der Waals surface area contributed by atoms with E-state index in [1.54, 1.807) is 0 Å². The SMILES string of the molecule is N#CC1(NC(=O)[C@@H]2CCCC[C@H]2c2oc(CC3CCCCC3)nc2-c2ccc(N3CCS(O)(O)CC3)cc2)CC1. The molecule has 4 aliphatic rings. The summed E-state index contributed by atoms with van der Waals surface area (Å²) in [6.07, 6.45) is 12.3. The minimum atomic E-state index is -2.44. The highest BCUT2D eigenvalue weighted by Crippen LogP contribution is 2.45. The van der Waals surface area contributed by atoms with Gasteiger partial charge in [-0.2, -0.15) is 15.9 Å². The van der Waals surface area contributed by atoms with E-state index < -0.39 is 16.1 Å². The molecule has 3 saturated carbocycles. The smallest absolute Gasteiger partial charge is 0.225 e. The van der Waals surface area contributed by atoms with Gasteiger partial charge < -0.3 is 14.6 Å². The van der Waals surface area contributed by atoms with Gasteiger partial charge in [0.05, 0.1) is 17.6 Å². The molecule has 1 saturated heterocycles. The Morgan fingerprint density at radius 3 is 2.40 bits per heavy atom. The topological polar surface area (TPSA) is 123 Å². The third kappa shape index (κ3) is 6.05. The Balaban J connectivity index is 1.28. The number of nitrogens with one attached hydrogen (secondary N) is 1. The maximum atomic E-state index is 13.5. The van der Waals surface area contributed by atoms with Crippen LogP contribution in [0.5, 0.6) is 0 Å². The first-order chi connectivity index (χ1) is 19.3. The molecule has 9 heteroatoms. The van der Waals surface area contributed by atoms with Crippen molar-refractivity contribution in [2.24, 2.45) is 11.8 Å². The fourth-order valence-electron chi connectivity index (χ4n) is 6.85. The van der Waals surface area contributed by atoms with E-state index >= 15 is 0 Å². The van der Waals surface area contributed by atoms with Crippen LogP contribution in [0, 0.1) is 23.2 Å². The number of amides is 1. The molecule has 4 fully saturated rings. The van der Waals surface area contributed by atoms with Crippen LogP contribution in [0.3, 0.4) is 0 Å². The minimum Gasteiger partial charge on any atom is -0.445 e. The number of hydrogen-bond acceptors (Lipinski definition) is 7. The molecule has 1 amide bonds. The lowest BCUT2D eigenvalue weighted by molar-refractivity contribution is -0.127. The first kappa shape index (κ1) is 27.6. The van der Waals surface area contributed by atoms with Gasteiger partial charge in [0.1, 0.15) is 17.0 Å². The van der Waals surface area contributed by atoms with Gasteiger partial charge in [0.15, 0.2) is 5.89 Å². The van der Waals surface area contributed by atoms with E-state index in [2.05, 4.69) is 40.6 Å². The fraction of sp³-hybridized carbons (Fsp3) is 0.645. The molecular formula is C31H42N4O4S. The zero-order chi connectivity index (χ0) is 27.7. The zero-order valence-corrected chi connectivity index (χ0v) is 24.1. The van der Waals surface area contributed by atoms with Crippen molar-refractivity contribution >= 4 is 22.2 Å². The summed E-state index contributed by atoms with van der Waals surface area (Å²) in [4.78, 5) is 20.7. The van der Waals surface area contributed by atoms with Crippen molar-refractivity contribution in [1.29, 1.82) is 5.26 Å². The van der Waals surface area contributed by atoms with Gasteiger partial charge in [-0.05, 0) is 56.6 Å². The Morgan fingerprint density at radius 2 is 1.73 bits per heavy atom. The van der Waals surface area contributed by atoms with E-state index in [9.17, 15) is 19.2 Å². The second-order valence-corrected chi connectivity index (χ2v) is 14.9. The van der Waals surface area contributed by atoms with E-state index in [4.69, 9.17) is 9.40 Å². The Labute approximate surface area is 238 Å². The van der Waals surface area contributed by atoms with Crippen LogP contribution < -0.4 is 10.2 Å². The fourth-order valence-corrected chi connectivity index (χ4v) is 8.08. The number of nitrogens with zero attached hydrogens (tertiary/aromatic N) is 3. The molecule has 40 heavy (non-hydrogen) atoms. The Bertz CT molecular complexity index is 1230. The van der Waals surface area contributed by atoms with Gasteiger partial charge in [0.2, 0.25) is 5.91 Å². The van der Waals surface area contributed by atoms with Crippen LogP contribution in [0.1, 0.15) is 88.2 Å². The molecule has 1 aromatic carbocycles. The van der Waals surface area contributed by atoms with Gasteiger partial charge in [-0.1, -0.05) is 44.2 Å². The van der Waals surface area contributed by atoms with E-state index in [0.717, 1.165) is 73.5 Å². The molecule has 1 aliphatic heterocycles. The molecule has 216 valence electrons. The van der Waals surface area contributed by atoms with E-state index in [-0.39, 0.29) is 17.7 Å². The highest BCUT2D eigenvalue weighted by Gasteiger charge is 2.47. The summed E-state index contributed by atoms with van der Waals surface area (Å²) in [5, 5.41) is 12.6. The molecule has 2 atom stereocenters. The number of rotatable bonds is 7. The van der Waals surface area contributed by atoms with Crippen molar-refractivity contribution in [3.05, 3.63) is 35.9 Å². The van der Waals surface area contributed by atoms with Crippen LogP contribution in [0.2, 0.25) is 0 Å². The number of oxazole rings is 1. The number of nitriles is 1. The third-order valence-corrected chi connectivity index (χ3v) is 11.2. The average molecular weight is 567 g/mol. The normalized spacial score (nSPS) is 27.0. The number of hydrogen-bond donors (Lipinski definition) is 3. The van der Waals surface area contributed by atoms with E-state index in [1.807, 2.05) is 0 Å². The van der Waals surface area contributed by atoms with Crippen molar-refractivity contribution in [2.75, 3.05) is 29.5 Å². The van der Waals surface area contributed by atoms with Crippen LogP contribution >= 0.6 is 10.6 Å². The number of aromatic nitrogens is 1. The first-order valence-corrected chi connectivity index (χ1v) is 17.1. The van der Waals surface area contributed by atoms with Crippen molar-refractivity contribution < 1.29 is 18.3 Å². The monoisotopic (exact) mass is 566 g/mol. The lowest BCUT2D eigenvalue weighted by Crippen LogP contribution is -2.42. The number of carbonyl (C=O) groups excluding carboxylic acids is 1. The van der Waals surface area contributed by atoms with Crippen molar-refractivity contribution in [1.82, 2.24) is 10.3 Å². The molecular weight excluding hydrogens is 524 g/mol. The molecule has 2 aromatic rings. The van der Waals surface area contributed by atoms with Gasteiger partial charge in [0, 0.05) is 42.6 Å². The standard InChI is InChI=1S/C31H42N4O4S/c32-21-31(14-15-31)34-30(36)26-9-5-4-8-25(26)29-28(33-27(39-29)20-22-6-2-1-3-7-22)23-10-12-24(13-11-23)35-16-18-40(37,38)19-17-35/h10-13,22,25-26,37-38H,1-9,14-20H2,(H,34,36)/t25-,26-/m1/s1. The molecule has 8 nitrogen and oxygen atoms in total. The number of carbonyl (C=O) groups is 1. The van der Waals surface area contributed by atoms with Crippen molar-refractivity contribution in [3.8, 4) is 17.3 Å². The van der Waals surface area contributed by atoms with Gasteiger partial charge in [-0.25, -0.2) is 4.98 Å². The second kappa shape index (κ2) is 11.4. The molecule has 3 aliphatic carbocycles. The lowest BCUT2D eigenvalue weighted by atomic mass is 9.76. The van der Waals surface area contributed by atoms with Crippen LogP contribution in [0.4, 0.5) is 5.69 Å². The molecule has 0 unspecified atom stereocenters. The van der Waals surface area contributed by atoms with Crippen molar-refractivity contribution in [2.45, 2.75) is 88.5 Å². The Kier molecular flexibility index (Phi) is 7.86. The molecule has 1 aromatic heterocycles. The molecule has 0 bridgehead atoms. The third-order valence-electron chi connectivity index (χ3n) is 9.53. The quantitative estimate of drug-likeness (QED) is 0.350. The maximum absolute atomic E-state index is 13.5. The van der Waals surface area contributed by atoms with Gasteiger partial charge >= 0.3 is 0 Å². The van der Waals surface area contributed by atoms with Crippen LogP contribution in [0.25, 0.3) is 11.3 Å². The lowest BCUT2D eigenvalue weighted by Gasteiger charge is -2.41. The van der Waals surface area contributed by atoms with Crippen LogP contribution in [-0.4, -0.2) is 50.1 Å². The zero-order valence-electron chi connectivity index (χ0n) is 23.3. The summed E-state index contributed by atoms with van der Waals surface area (Å²) in [5.74, 6) is 2.72. The summed E-state index contributed by atoms with van der Waals surface area (Å²) in [5.41, 5.74) is 2.22. The molecule has 2 heterocycles. The highest BCUT2D eigenvalue weighted by atomic mass is 32.3. The van der Waals surface area contributed by atoms with Crippen LogP contribution in [-0.2, 0) is 11.2 Å². The number of anilines is 1. The largest absolute Gasteiger partial charge is 0.445 e. The predicted molar refractivity (Wildman–Crippen MR) is 157 cm³/mol. The molecule has 3 N–H and O–H groups in total. The average Bonchev–Trinajstić information content (AvgIpc) is 3.63. The summed E-state index contributed by atoms with van der Waals surface area (Å²) in [6, 6.07) is 10.6. The van der Waals surface area contributed by atoms with E-state index in [1.165, 1.54) is 32.1 Å². The van der Waals surface area contributed by atoms with E-state index in [0.29, 0.717) is 30.5 Å². The van der Waals surface area contributed by atoms with Gasteiger partial charge in [-0.15, -0.1) is 0 Å². The first-order valence-electron chi connectivity index (χ1n) is 15.2. The highest BCUT2D eigenvalue weighted by molar-refractivity contribution is 8.24.